The highest BCUT2D eigenvalue weighted by molar-refractivity contribution is 6.31. The molecule has 0 spiro atoms. The summed E-state index contributed by atoms with van der Waals surface area (Å²) in [6.07, 6.45) is 0. The maximum absolute atomic E-state index is 13.3. The molecule has 0 radical (unpaired) electrons. The smallest absolute Gasteiger partial charge is 0.267 e. The van der Waals surface area contributed by atoms with Gasteiger partial charge >= 0.3 is 0 Å². The van der Waals surface area contributed by atoms with Gasteiger partial charge in [0.15, 0.2) is 0 Å². The van der Waals surface area contributed by atoms with E-state index in [0.29, 0.717) is 16.8 Å². The molecule has 0 saturated carbocycles. The van der Waals surface area contributed by atoms with Crippen molar-refractivity contribution in [3.8, 4) is 17.3 Å². The Bertz CT molecular complexity index is 1050. The van der Waals surface area contributed by atoms with Gasteiger partial charge in [0.25, 0.3) is 5.56 Å². The molecule has 0 saturated heterocycles. The van der Waals surface area contributed by atoms with E-state index in [9.17, 15) is 9.18 Å². The van der Waals surface area contributed by atoms with Gasteiger partial charge in [-0.2, -0.15) is 10.4 Å². The molecule has 6 heteroatoms. The fourth-order valence-corrected chi connectivity index (χ4v) is 2.67. The Morgan fingerprint density at radius 2 is 2.00 bits per heavy atom. The van der Waals surface area contributed by atoms with Gasteiger partial charge in [-0.15, -0.1) is 0 Å². The number of aromatic nitrogens is 2. The van der Waals surface area contributed by atoms with E-state index in [2.05, 4.69) is 11.2 Å². The Hall–Kier alpha value is -2.97. The van der Waals surface area contributed by atoms with Crippen molar-refractivity contribution in [3.05, 3.63) is 86.4 Å². The standard InChI is InChI=1S/C19H13ClFN3O/c1-12-8-13(2-3-15(12)10-22)11-24-19(25)7-6-18(23-24)14-4-5-17(21)16(20)9-14/h2-9H,11H2,1H3. The highest BCUT2D eigenvalue weighted by atomic mass is 35.5. The molecule has 4 nitrogen and oxygen atoms in total. The van der Waals surface area contributed by atoms with E-state index in [0.717, 1.165) is 11.1 Å². The highest BCUT2D eigenvalue weighted by Gasteiger charge is 2.08. The van der Waals surface area contributed by atoms with Gasteiger partial charge in [-0.25, -0.2) is 9.07 Å². The van der Waals surface area contributed by atoms with Crippen LogP contribution in [0.25, 0.3) is 11.3 Å². The van der Waals surface area contributed by atoms with E-state index < -0.39 is 5.82 Å². The van der Waals surface area contributed by atoms with Crippen molar-refractivity contribution in [2.45, 2.75) is 13.5 Å². The SMILES string of the molecule is Cc1cc(Cn2nc(-c3ccc(F)c(Cl)c3)ccc2=O)ccc1C#N. The topological polar surface area (TPSA) is 58.7 Å². The van der Waals surface area contributed by atoms with Crippen LogP contribution >= 0.6 is 11.6 Å². The van der Waals surface area contributed by atoms with E-state index in [1.807, 2.05) is 13.0 Å². The number of benzene rings is 2. The molecule has 25 heavy (non-hydrogen) atoms. The molecule has 0 aliphatic heterocycles. The minimum Gasteiger partial charge on any atom is -0.268 e. The minimum atomic E-state index is -0.508. The summed E-state index contributed by atoms with van der Waals surface area (Å²) in [4.78, 5) is 12.1. The summed E-state index contributed by atoms with van der Waals surface area (Å²) >= 11 is 5.81. The van der Waals surface area contributed by atoms with Crippen molar-refractivity contribution in [3.63, 3.8) is 0 Å². The lowest BCUT2D eigenvalue weighted by atomic mass is 10.1. The molecule has 0 amide bonds. The second-order valence-electron chi connectivity index (χ2n) is 5.60. The Morgan fingerprint density at radius 1 is 1.20 bits per heavy atom. The summed E-state index contributed by atoms with van der Waals surface area (Å²) in [5.74, 6) is -0.508. The maximum Gasteiger partial charge on any atom is 0.267 e. The average Bonchev–Trinajstić information content (AvgIpc) is 2.59. The monoisotopic (exact) mass is 353 g/mol. The van der Waals surface area contributed by atoms with Gasteiger partial charge in [-0.1, -0.05) is 23.7 Å². The Kier molecular flexibility index (Phi) is 4.64. The predicted octanol–water partition coefficient (Wildman–Crippen LogP) is 3.93. The number of nitrogens with zero attached hydrogens (tertiary/aromatic N) is 3. The molecule has 3 rings (SSSR count). The summed E-state index contributed by atoms with van der Waals surface area (Å²) in [5.41, 5.74) is 3.19. The summed E-state index contributed by atoms with van der Waals surface area (Å²) in [6, 6.07) is 14.8. The summed E-state index contributed by atoms with van der Waals surface area (Å²) in [6.45, 7) is 2.11. The lowest BCUT2D eigenvalue weighted by molar-refractivity contribution is 0.628. The fraction of sp³-hybridized carbons (Fsp3) is 0.105. The summed E-state index contributed by atoms with van der Waals surface area (Å²) in [7, 11) is 0. The first kappa shape index (κ1) is 16.9. The zero-order valence-electron chi connectivity index (χ0n) is 13.3. The molecular weight excluding hydrogens is 341 g/mol. The van der Waals surface area contributed by atoms with Crippen LogP contribution in [0.15, 0.2) is 53.3 Å². The van der Waals surface area contributed by atoms with Crippen LogP contribution in [0, 0.1) is 24.1 Å². The van der Waals surface area contributed by atoms with Crippen LogP contribution in [0.4, 0.5) is 4.39 Å². The van der Waals surface area contributed by atoms with E-state index in [1.54, 1.807) is 24.3 Å². The number of aryl methyl sites for hydroxylation is 1. The van der Waals surface area contributed by atoms with Crippen molar-refractivity contribution in [2.75, 3.05) is 0 Å². The van der Waals surface area contributed by atoms with Gasteiger partial charge < -0.3 is 0 Å². The molecule has 0 aliphatic rings. The van der Waals surface area contributed by atoms with Gasteiger partial charge in [-0.3, -0.25) is 4.79 Å². The van der Waals surface area contributed by atoms with Crippen LogP contribution in [0.1, 0.15) is 16.7 Å². The van der Waals surface area contributed by atoms with Crippen molar-refractivity contribution in [1.82, 2.24) is 9.78 Å². The van der Waals surface area contributed by atoms with E-state index >= 15 is 0 Å². The molecule has 2 aromatic carbocycles. The Morgan fingerprint density at radius 3 is 2.68 bits per heavy atom. The maximum atomic E-state index is 13.3. The number of hydrogen-bond acceptors (Lipinski definition) is 3. The van der Waals surface area contributed by atoms with Crippen LogP contribution in [-0.2, 0) is 6.54 Å². The highest BCUT2D eigenvalue weighted by Crippen LogP contribution is 2.22. The number of hydrogen-bond donors (Lipinski definition) is 0. The Labute approximate surface area is 148 Å². The zero-order chi connectivity index (χ0) is 18.0. The van der Waals surface area contributed by atoms with Crippen LogP contribution < -0.4 is 5.56 Å². The van der Waals surface area contributed by atoms with Crippen molar-refractivity contribution >= 4 is 11.6 Å². The molecule has 1 heterocycles. The van der Waals surface area contributed by atoms with Gasteiger partial charge in [0.05, 0.1) is 28.9 Å². The number of rotatable bonds is 3. The lowest BCUT2D eigenvalue weighted by Crippen LogP contribution is -2.22. The largest absolute Gasteiger partial charge is 0.268 e. The summed E-state index contributed by atoms with van der Waals surface area (Å²) in [5, 5.41) is 13.3. The van der Waals surface area contributed by atoms with Crippen molar-refractivity contribution in [1.29, 1.82) is 5.26 Å². The zero-order valence-corrected chi connectivity index (χ0v) is 14.1. The molecule has 1 aromatic heterocycles. The number of halogens is 2. The molecule has 0 aliphatic carbocycles. The molecule has 0 bridgehead atoms. The van der Waals surface area contributed by atoms with Gasteiger partial charge in [-0.05, 0) is 48.4 Å². The molecule has 3 aromatic rings. The lowest BCUT2D eigenvalue weighted by Gasteiger charge is -2.09. The third-order valence-corrected chi connectivity index (χ3v) is 4.12. The van der Waals surface area contributed by atoms with Crippen LogP contribution in [-0.4, -0.2) is 9.78 Å². The first-order valence-corrected chi connectivity index (χ1v) is 7.89. The second-order valence-corrected chi connectivity index (χ2v) is 6.01. The average molecular weight is 354 g/mol. The second kappa shape index (κ2) is 6.88. The van der Waals surface area contributed by atoms with Gasteiger partial charge in [0.2, 0.25) is 0 Å². The van der Waals surface area contributed by atoms with E-state index in [4.69, 9.17) is 16.9 Å². The van der Waals surface area contributed by atoms with Crippen LogP contribution in [0.5, 0.6) is 0 Å². The molecular formula is C19H13ClFN3O. The third kappa shape index (κ3) is 3.59. The minimum absolute atomic E-state index is 0.000216. The molecule has 124 valence electrons. The molecule has 0 atom stereocenters. The predicted molar refractivity (Wildman–Crippen MR) is 93.9 cm³/mol. The number of nitriles is 1. The van der Waals surface area contributed by atoms with Gasteiger partial charge in [0.1, 0.15) is 5.82 Å². The van der Waals surface area contributed by atoms with E-state index in [-0.39, 0.29) is 17.1 Å². The van der Waals surface area contributed by atoms with Gasteiger partial charge in [0, 0.05) is 11.6 Å². The molecule has 0 N–H and O–H groups in total. The summed E-state index contributed by atoms with van der Waals surface area (Å²) < 4.78 is 14.6. The Balaban J connectivity index is 1.97. The van der Waals surface area contributed by atoms with Crippen LogP contribution in [0.2, 0.25) is 5.02 Å². The fourth-order valence-electron chi connectivity index (χ4n) is 2.49. The molecule has 0 unspecified atom stereocenters. The van der Waals surface area contributed by atoms with E-state index in [1.165, 1.54) is 22.9 Å². The van der Waals surface area contributed by atoms with Crippen molar-refractivity contribution in [2.24, 2.45) is 0 Å². The molecule has 0 fully saturated rings. The first-order chi connectivity index (χ1) is 12.0. The third-order valence-electron chi connectivity index (χ3n) is 3.83. The first-order valence-electron chi connectivity index (χ1n) is 7.51. The quantitative estimate of drug-likeness (QED) is 0.716. The van der Waals surface area contributed by atoms with Crippen molar-refractivity contribution < 1.29 is 4.39 Å². The normalized spacial score (nSPS) is 10.5. The van der Waals surface area contributed by atoms with Crippen LogP contribution in [0.3, 0.4) is 0 Å².